The topological polar surface area (TPSA) is 180 Å². The van der Waals surface area contributed by atoms with Gasteiger partial charge in [0.05, 0.1) is 53.8 Å². The number of nitrogens with zero attached hydrogens (tertiary/aromatic N) is 5. The molecule has 0 saturated heterocycles. The van der Waals surface area contributed by atoms with Gasteiger partial charge in [0.25, 0.3) is 31.8 Å². The van der Waals surface area contributed by atoms with Crippen LogP contribution in [0.25, 0.3) is 0 Å². The summed E-state index contributed by atoms with van der Waals surface area (Å²) in [7, 11) is -5.69. The Balaban J connectivity index is 1.85. The van der Waals surface area contributed by atoms with E-state index < -0.39 is 42.1 Å². The second-order valence-corrected chi connectivity index (χ2v) is 15.7. The van der Waals surface area contributed by atoms with E-state index in [4.69, 9.17) is 60.6 Å². The maximum Gasteiger partial charge on any atom is 0.340 e. The molecule has 0 radical (unpaired) electrons. The van der Waals surface area contributed by atoms with Crippen molar-refractivity contribution in [3.05, 3.63) is 68.9 Å². The molecule has 1 atom stereocenters. The van der Waals surface area contributed by atoms with Gasteiger partial charge in [0.1, 0.15) is 19.8 Å². The number of thioether (sulfide) groups is 2. The Morgan fingerprint density at radius 1 is 0.833 bits per heavy atom. The minimum Gasteiger partial charge on any atom is -0.478 e. The highest BCUT2D eigenvalue weighted by atomic mass is 35.5. The summed E-state index contributed by atoms with van der Waals surface area (Å²) in [5, 5.41) is -2.19. The Bertz CT molecular complexity index is 2080. The van der Waals surface area contributed by atoms with E-state index in [1.165, 1.54) is 68.6 Å². The van der Waals surface area contributed by atoms with Gasteiger partial charge in [-0.05, 0) is 30.5 Å². The molecule has 0 aliphatic carbocycles. The summed E-state index contributed by atoms with van der Waals surface area (Å²) in [5.74, 6) is -2.45. The van der Waals surface area contributed by atoms with E-state index in [2.05, 4.69) is 24.7 Å². The van der Waals surface area contributed by atoms with Gasteiger partial charge < -0.3 is 14.2 Å². The number of rotatable bonds is 13. The second-order valence-electron chi connectivity index (χ2n) is 8.82. The first-order valence-corrected chi connectivity index (χ1v) is 19.3. The first kappa shape index (κ1) is 37.8. The maximum absolute atomic E-state index is 14.4. The van der Waals surface area contributed by atoms with Gasteiger partial charge in [-0.2, -0.15) is 0 Å². The average Bonchev–Trinajstić information content (AvgIpc) is 3.06. The van der Waals surface area contributed by atoms with Gasteiger partial charge in [-0.3, -0.25) is 4.72 Å². The first-order chi connectivity index (χ1) is 22.7. The normalized spacial score (nSPS) is 12.2. The molecular formula is C26H22Cl4N6O8S4. The van der Waals surface area contributed by atoms with E-state index in [1.54, 1.807) is 6.26 Å². The number of nitrogens with one attached hydrogen (secondary N) is 1. The molecule has 0 aliphatic rings. The summed E-state index contributed by atoms with van der Waals surface area (Å²) in [4.78, 5) is 29.5. The van der Waals surface area contributed by atoms with Crippen molar-refractivity contribution in [2.24, 2.45) is 0 Å². The van der Waals surface area contributed by atoms with Crippen molar-refractivity contribution in [3.8, 4) is 11.8 Å². The van der Waals surface area contributed by atoms with Crippen LogP contribution in [-0.2, 0) is 29.6 Å². The Hall–Kier alpha value is -2.97. The minimum absolute atomic E-state index is 0.00108. The van der Waals surface area contributed by atoms with Gasteiger partial charge in [0.15, 0.2) is 5.37 Å². The molecule has 4 rings (SSSR count). The van der Waals surface area contributed by atoms with Gasteiger partial charge in [0.2, 0.25) is 11.6 Å². The molecule has 1 N–H and O–H groups in total. The lowest BCUT2D eigenvalue weighted by molar-refractivity contribution is -0.139. The highest BCUT2D eigenvalue weighted by Gasteiger charge is 2.42. The molecule has 0 fully saturated rings. The third kappa shape index (κ3) is 7.91. The number of aromatic nitrogens is 4. The molecule has 48 heavy (non-hydrogen) atoms. The number of sulfonamides is 2. The number of ether oxygens (including phenoxy) is 3. The zero-order chi connectivity index (χ0) is 35.4. The van der Waals surface area contributed by atoms with Crippen LogP contribution in [0.2, 0.25) is 20.1 Å². The van der Waals surface area contributed by atoms with E-state index >= 15 is 0 Å². The zero-order valence-corrected chi connectivity index (χ0v) is 31.1. The summed E-state index contributed by atoms with van der Waals surface area (Å²) in [6.45, 7) is 0. The highest BCUT2D eigenvalue weighted by Crippen LogP contribution is 2.41. The zero-order valence-electron chi connectivity index (χ0n) is 24.8. The molecule has 2 aromatic carbocycles. The van der Waals surface area contributed by atoms with Crippen molar-refractivity contribution < 1.29 is 35.8 Å². The first-order valence-electron chi connectivity index (χ1n) is 12.8. The number of halogens is 4. The molecule has 0 aliphatic heterocycles. The van der Waals surface area contributed by atoms with Crippen LogP contribution in [0.5, 0.6) is 11.8 Å². The van der Waals surface area contributed by atoms with E-state index in [0.717, 1.165) is 13.3 Å². The molecule has 2 heterocycles. The minimum atomic E-state index is -4.81. The van der Waals surface area contributed by atoms with Crippen LogP contribution in [0.4, 0.5) is 11.6 Å². The number of benzene rings is 2. The molecule has 0 spiro atoms. The predicted octanol–water partition coefficient (Wildman–Crippen LogP) is 5.91. The van der Waals surface area contributed by atoms with Crippen LogP contribution in [0.15, 0.2) is 68.6 Å². The van der Waals surface area contributed by atoms with Gasteiger partial charge in [-0.25, -0.2) is 45.9 Å². The molecule has 0 bridgehead atoms. The molecule has 22 heteroatoms. The summed E-state index contributed by atoms with van der Waals surface area (Å²) in [6, 6.07) is 7.95. The molecule has 4 aromatic rings. The Labute approximate surface area is 303 Å². The average molecular weight is 817 g/mol. The fourth-order valence-corrected chi connectivity index (χ4v) is 9.36. The fraction of sp³-hybridized carbons (Fsp3) is 0.192. The molecule has 14 nitrogen and oxygen atoms in total. The lowest BCUT2D eigenvalue weighted by Crippen LogP contribution is -2.44. The molecule has 0 saturated carbocycles. The quantitative estimate of drug-likeness (QED) is 0.0957. The number of hydrogen-bond donors (Lipinski definition) is 1. The molecular weight excluding hydrogens is 794 g/mol. The number of carbonyl (C=O) groups excluding carboxylic acids is 1. The van der Waals surface area contributed by atoms with E-state index in [0.29, 0.717) is 21.1 Å². The van der Waals surface area contributed by atoms with E-state index in [1.807, 2.05) is 0 Å². The van der Waals surface area contributed by atoms with Gasteiger partial charge in [-0.15, -0.1) is 11.8 Å². The number of carbonyl (C=O) groups is 1. The van der Waals surface area contributed by atoms with Crippen LogP contribution < -0.4 is 18.5 Å². The lowest BCUT2D eigenvalue weighted by Gasteiger charge is -2.30. The summed E-state index contributed by atoms with van der Waals surface area (Å²) in [5.41, 5.74) is 0. The Morgan fingerprint density at radius 2 is 1.40 bits per heavy atom. The number of esters is 1. The van der Waals surface area contributed by atoms with Crippen molar-refractivity contribution in [1.82, 2.24) is 19.9 Å². The van der Waals surface area contributed by atoms with Crippen molar-refractivity contribution in [3.63, 3.8) is 0 Å². The molecule has 1 unspecified atom stereocenters. The Morgan fingerprint density at radius 3 is 1.98 bits per heavy atom. The van der Waals surface area contributed by atoms with Crippen LogP contribution in [0.3, 0.4) is 0 Å². The molecule has 256 valence electrons. The van der Waals surface area contributed by atoms with Gasteiger partial charge >= 0.3 is 5.97 Å². The lowest BCUT2D eigenvalue weighted by atomic mass is 10.4. The molecule has 0 amide bonds. The Kier molecular flexibility index (Phi) is 12.4. The van der Waals surface area contributed by atoms with Crippen LogP contribution in [0.1, 0.15) is 0 Å². The fourth-order valence-electron chi connectivity index (χ4n) is 3.78. The van der Waals surface area contributed by atoms with E-state index in [9.17, 15) is 21.6 Å². The number of methoxy groups -OCH3 is 3. The highest BCUT2D eigenvalue weighted by molar-refractivity contribution is 8.02. The SMILES string of the molecule is COC(=O)C(Sc1cnc(NS(=O)(=O)c2cccc(Cl)c2Cl)c(OC)n1)N(c1ncc(SC)nc1OC)S(=O)(=O)c1cccc(Cl)c1Cl. The third-order valence-electron chi connectivity index (χ3n) is 5.96. The summed E-state index contributed by atoms with van der Waals surface area (Å²) in [6.07, 6.45) is 4.06. The smallest absolute Gasteiger partial charge is 0.340 e. The summed E-state index contributed by atoms with van der Waals surface area (Å²) < 4.78 is 73.5. The van der Waals surface area contributed by atoms with Crippen molar-refractivity contribution in [2.75, 3.05) is 36.6 Å². The number of anilines is 2. The third-order valence-corrected chi connectivity index (χ3v) is 12.8. The van der Waals surface area contributed by atoms with Crippen LogP contribution in [-0.4, -0.2) is 75.7 Å². The monoisotopic (exact) mass is 814 g/mol. The maximum atomic E-state index is 14.4. The summed E-state index contributed by atoms with van der Waals surface area (Å²) >= 11 is 26.3. The second kappa shape index (κ2) is 15.7. The van der Waals surface area contributed by atoms with Gasteiger partial charge in [-0.1, -0.05) is 70.3 Å². The van der Waals surface area contributed by atoms with E-state index in [-0.39, 0.29) is 47.6 Å². The molecule has 2 aromatic heterocycles. The van der Waals surface area contributed by atoms with Crippen molar-refractivity contribution >= 4 is 108 Å². The van der Waals surface area contributed by atoms with Crippen LogP contribution >= 0.6 is 69.9 Å². The van der Waals surface area contributed by atoms with Gasteiger partial charge in [0, 0.05) is 0 Å². The standard InChI is InChI=1S/C26H22Cl4N6O8S4/c1-42-23-21(35-47(38,39)15-9-5-7-13(27)19(15)29)31-12-18(34-23)46-25(26(37)44-3)36(22-24(43-2)33-17(45-4)11-32-22)48(40,41)16-10-6-8-14(28)20(16)30/h5-12,25H,1-4H3,(H,31,35). The predicted molar refractivity (Wildman–Crippen MR) is 184 cm³/mol. The largest absolute Gasteiger partial charge is 0.478 e. The van der Waals surface area contributed by atoms with Crippen molar-refractivity contribution in [1.29, 1.82) is 0 Å². The van der Waals surface area contributed by atoms with Crippen LogP contribution in [0, 0.1) is 0 Å². The van der Waals surface area contributed by atoms with Crippen molar-refractivity contribution in [2.45, 2.75) is 25.2 Å². The number of hydrogen-bond acceptors (Lipinski definition) is 14.